The molecule has 6 nitrogen and oxygen atoms in total. The summed E-state index contributed by atoms with van der Waals surface area (Å²) in [4.78, 5) is 16.1. The number of ether oxygens (including phenoxy) is 1. The first-order chi connectivity index (χ1) is 12.2. The van der Waals surface area contributed by atoms with E-state index in [0.717, 1.165) is 35.9 Å². The Labute approximate surface area is 150 Å². The van der Waals surface area contributed by atoms with Gasteiger partial charge < -0.3 is 10.1 Å². The Balaban J connectivity index is 1.70. The van der Waals surface area contributed by atoms with Crippen LogP contribution in [0.1, 0.15) is 36.3 Å². The van der Waals surface area contributed by atoms with Gasteiger partial charge in [0.15, 0.2) is 5.17 Å². The van der Waals surface area contributed by atoms with Crippen LogP contribution < -0.4 is 10.1 Å². The van der Waals surface area contributed by atoms with Crippen LogP contribution in [0.2, 0.25) is 0 Å². The zero-order valence-corrected chi connectivity index (χ0v) is 15.0. The van der Waals surface area contributed by atoms with Crippen LogP contribution in [-0.2, 0) is 11.2 Å². The summed E-state index contributed by atoms with van der Waals surface area (Å²) < 4.78 is 7.26. The number of fused-ring (bicyclic) bond motifs is 3. The van der Waals surface area contributed by atoms with Crippen LogP contribution >= 0.6 is 11.8 Å². The minimum atomic E-state index is -0.0772. The highest BCUT2D eigenvalue weighted by Gasteiger charge is 2.37. The Bertz CT molecular complexity index is 828. The lowest BCUT2D eigenvalue weighted by Crippen LogP contribution is -2.24. The van der Waals surface area contributed by atoms with E-state index in [4.69, 9.17) is 9.73 Å². The number of nitrogens with zero attached hydrogens (tertiary/aromatic N) is 3. The van der Waals surface area contributed by atoms with Crippen molar-refractivity contribution in [3.8, 4) is 11.4 Å². The summed E-state index contributed by atoms with van der Waals surface area (Å²) in [6.45, 7) is 1.52. The van der Waals surface area contributed by atoms with Gasteiger partial charge in [-0.1, -0.05) is 11.8 Å². The predicted octanol–water partition coefficient (Wildman–Crippen LogP) is 2.87. The number of rotatable bonds is 2. The number of amides is 1. The summed E-state index contributed by atoms with van der Waals surface area (Å²) >= 11 is 1.63. The third kappa shape index (κ3) is 3.04. The molecule has 0 bridgehead atoms. The van der Waals surface area contributed by atoms with E-state index in [1.54, 1.807) is 18.9 Å². The van der Waals surface area contributed by atoms with Gasteiger partial charge in [-0.15, -0.1) is 0 Å². The Hall–Kier alpha value is -2.28. The molecule has 0 fully saturated rings. The molecule has 7 heteroatoms. The molecule has 1 aromatic carbocycles. The fraction of sp³-hybridized carbons (Fsp3) is 0.389. The van der Waals surface area contributed by atoms with Gasteiger partial charge in [-0.2, -0.15) is 5.10 Å². The number of thioether (sulfide) groups is 1. The molecule has 1 aliphatic heterocycles. The Morgan fingerprint density at radius 1 is 1.36 bits per heavy atom. The highest BCUT2D eigenvalue weighted by Crippen LogP contribution is 2.45. The third-order valence-electron chi connectivity index (χ3n) is 4.57. The monoisotopic (exact) mass is 356 g/mol. The SMILES string of the molecule is COc1ccc(-n2ncc3c2C2SC(NC(C)=O)=NC2CCC3)cc1. The fourth-order valence-electron chi connectivity index (χ4n) is 3.43. The molecule has 1 amide bonds. The van der Waals surface area contributed by atoms with Crippen LogP contribution in [0.25, 0.3) is 5.69 Å². The normalized spacial score (nSPS) is 21.8. The molecule has 2 aliphatic rings. The molecule has 2 aromatic rings. The lowest BCUT2D eigenvalue weighted by Gasteiger charge is -2.17. The van der Waals surface area contributed by atoms with E-state index in [-0.39, 0.29) is 17.2 Å². The van der Waals surface area contributed by atoms with Gasteiger partial charge in [0, 0.05) is 6.92 Å². The molecular weight excluding hydrogens is 336 g/mol. The number of methoxy groups -OCH3 is 1. The second kappa shape index (κ2) is 6.55. The number of nitrogens with one attached hydrogen (secondary N) is 1. The summed E-state index contributed by atoms with van der Waals surface area (Å²) in [5, 5.41) is 8.38. The van der Waals surface area contributed by atoms with Crippen molar-refractivity contribution in [2.24, 2.45) is 4.99 Å². The summed E-state index contributed by atoms with van der Waals surface area (Å²) in [6, 6.07) is 8.10. The van der Waals surface area contributed by atoms with Crippen molar-refractivity contribution in [1.82, 2.24) is 15.1 Å². The maximum absolute atomic E-state index is 11.4. The predicted molar refractivity (Wildman–Crippen MR) is 98.4 cm³/mol. The van der Waals surface area contributed by atoms with Crippen molar-refractivity contribution >= 4 is 22.8 Å². The van der Waals surface area contributed by atoms with Crippen LogP contribution in [0.3, 0.4) is 0 Å². The maximum Gasteiger partial charge on any atom is 0.222 e. The Morgan fingerprint density at radius 2 is 2.16 bits per heavy atom. The zero-order chi connectivity index (χ0) is 17.4. The highest BCUT2D eigenvalue weighted by molar-refractivity contribution is 8.14. The van der Waals surface area contributed by atoms with E-state index >= 15 is 0 Å². The number of amidine groups is 1. The highest BCUT2D eigenvalue weighted by atomic mass is 32.2. The van der Waals surface area contributed by atoms with E-state index in [1.165, 1.54) is 18.2 Å². The number of aliphatic imine (C=N–C) groups is 1. The van der Waals surface area contributed by atoms with Crippen molar-refractivity contribution in [3.63, 3.8) is 0 Å². The van der Waals surface area contributed by atoms with E-state index in [1.807, 2.05) is 35.1 Å². The second-order valence-corrected chi connectivity index (χ2v) is 7.41. The smallest absolute Gasteiger partial charge is 0.222 e. The van der Waals surface area contributed by atoms with Crippen molar-refractivity contribution in [2.75, 3.05) is 7.11 Å². The number of aromatic nitrogens is 2. The maximum atomic E-state index is 11.4. The first-order valence-electron chi connectivity index (χ1n) is 8.39. The average molecular weight is 356 g/mol. The van der Waals surface area contributed by atoms with Gasteiger partial charge in [-0.3, -0.25) is 9.79 Å². The van der Waals surface area contributed by atoms with Gasteiger partial charge in [0.25, 0.3) is 0 Å². The number of carbonyl (C=O) groups is 1. The van der Waals surface area contributed by atoms with Crippen molar-refractivity contribution in [3.05, 3.63) is 41.7 Å². The topological polar surface area (TPSA) is 68.5 Å². The number of hydrogen-bond donors (Lipinski definition) is 1. The molecule has 2 atom stereocenters. The summed E-state index contributed by atoms with van der Waals surface area (Å²) in [6.07, 6.45) is 5.10. The molecule has 2 unspecified atom stereocenters. The first-order valence-corrected chi connectivity index (χ1v) is 9.27. The van der Waals surface area contributed by atoms with Gasteiger partial charge >= 0.3 is 0 Å². The number of carbonyl (C=O) groups excluding carboxylic acids is 1. The van der Waals surface area contributed by atoms with Gasteiger partial charge in [0.05, 0.1) is 36.0 Å². The van der Waals surface area contributed by atoms with Crippen molar-refractivity contribution < 1.29 is 9.53 Å². The number of aryl methyl sites for hydroxylation is 1. The van der Waals surface area contributed by atoms with Crippen molar-refractivity contribution in [1.29, 1.82) is 0 Å². The third-order valence-corrected chi connectivity index (χ3v) is 5.79. The Morgan fingerprint density at radius 3 is 2.88 bits per heavy atom. The van der Waals surface area contributed by atoms with E-state index < -0.39 is 0 Å². The van der Waals surface area contributed by atoms with E-state index in [0.29, 0.717) is 0 Å². The van der Waals surface area contributed by atoms with Crippen LogP contribution in [0, 0.1) is 0 Å². The standard InChI is InChI=1S/C18H20N4O2S/c1-11(23)20-18-21-15-5-3-4-12-10-19-22(16(12)17(15)25-18)13-6-8-14(24-2)9-7-13/h6-10,15,17H,3-5H2,1-2H3,(H,20,21,23). The average Bonchev–Trinajstić information content (AvgIpc) is 3.15. The first kappa shape index (κ1) is 16.2. The minimum Gasteiger partial charge on any atom is -0.497 e. The number of benzene rings is 1. The molecule has 1 N–H and O–H groups in total. The molecule has 0 spiro atoms. The fourth-order valence-corrected chi connectivity index (χ4v) is 4.79. The summed E-state index contributed by atoms with van der Waals surface area (Å²) in [7, 11) is 1.66. The van der Waals surface area contributed by atoms with E-state index in [2.05, 4.69) is 10.4 Å². The zero-order valence-electron chi connectivity index (χ0n) is 14.2. The molecule has 0 saturated carbocycles. The molecule has 2 heterocycles. The molecule has 130 valence electrons. The van der Waals surface area contributed by atoms with Crippen LogP contribution in [0.4, 0.5) is 0 Å². The molecule has 0 saturated heterocycles. The molecule has 25 heavy (non-hydrogen) atoms. The quantitative estimate of drug-likeness (QED) is 0.898. The van der Waals surface area contributed by atoms with Crippen LogP contribution in [-0.4, -0.2) is 34.0 Å². The molecule has 0 radical (unpaired) electrons. The van der Waals surface area contributed by atoms with Gasteiger partial charge in [-0.25, -0.2) is 4.68 Å². The molecule has 1 aliphatic carbocycles. The largest absolute Gasteiger partial charge is 0.497 e. The molecule has 1 aromatic heterocycles. The Kier molecular flexibility index (Phi) is 4.25. The second-order valence-electron chi connectivity index (χ2n) is 6.28. The minimum absolute atomic E-state index is 0.0772. The molecule has 4 rings (SSSR count). The summed E-state index contributed by atoms with van der Waals surface area (Å²) in [5.41, 5.74) is 3.48. The van der Waals surface area contributed by atoms with Crippen LogP contribution in [0.5, 0.6) is 5.75 Å². The van der Waals surface area contributed by atoms with Crippen LogP contribution in [0.15, 0.2) is 35.5 Å². The van der Waals surface area contributed by atoms with E-state index in [9.17, 15) is 4.79 Å². The van der Waals surface area contributed by atoms with Crippen molar-refractivity contribution in [2.45, 2.75) is 37.5 Å². The lowest BCUT2D eigenvalue weighted by molar-refractivity contribution is -0.117. The van der Waals surface area contributed by atoms with Gasteiger partial charge in [0.1, 0.15) is 5.75 Å². The lowest BCUT2D eigenvalue weighted by atomic mass is 10.1. The van der Waals surface area contributed by atoms with Gasteiger partial charge in [0.2, 0.25) is 5.91 Å². The molecular formula is C18H20N4O2S. The number of hydrogen-bond acceptors (Lipinski definition) is 5. The summed E-state index contributed by atoms with van der Waals surface area (Å²) in [5.74, 6) is 0.748. The van der Waals surface area contributed by atoms with Gasteiger partial charge in [-0.05, 0) is 49.1 Å².